The Labute approximate surface area is 178 Å². The lowest BCUT2D eigenvalue weighted by molar-refractivity contribution is -0.00385. The van der Waals surface area contributed by atoms with Gasteiger partial charge in [-0.2, -0.15) is 0 Å². The third-order valence-electron chi connectivity index (χ3n) is 6.76. The monoisotopic (exact) mass is 429 g/mol. The Morgan fingerprint density at radius 2 is 2.00 bits per heavy atom. The van der Waals surface area contributed by atoms with E-state index >= 15 is 0 Å². The molecule has 1 amide bonds. The second-order valence-corrected chi connectivity index (χ2v) is 10.7. The highest BCUT2D eigenvalue weighted by molar-refractivity contribution is 7.84. The third-order valence-corrected chi connectivity index (χ3v) is 8.28. The summed E-state index contributed by atoms with van der Waals surface area (Å²) in [5, 5.41) is 7.45. The second-order valence-electron chi connectivity index (χ2n) is 9.02. The van der Waals surface area contributed by atoms with Gasteiger partial charge < -0.3 is 10.6 Å². The molecule has 4 fully saturated rings. The standard InChI is InChI=1S/C23H28FN3O2S/c1-2-6-30(29)7-5-13-10-17-20(11-19(13)24)25-12-18(23(28)26-16-3-4-16)22(17)27-21-14-8-15(21)9-14/h10-12,14-16,21H,2-9H2,1H3,(H,25,27)(H,26,28). The first-order valence-corrected chi connectivity index (χ1v) is 12.6. The van der Waals surface area contributed by atoms with Crippen LogP contribution in [0.25, 0.3) is 10.9 Å². The molecule has 2 aromatic rings. The molecule has 1 heterocycles. The van der Waals surface area contributed by atoms with Gasteiger partial charge in [0.25, 0.3) is 5.91 Å². The van der Waals surface area contributed by atoms with E-state index in [1.165, 1.54) is 18.9 Å². The molecule has 0 spiro atoms. The van der Waals surface area contributed by atoms with Crippen LogP contribution in [0, 0.1) is 17.7 Å². The molecule has 4 aliphatic rings. The number of anilines is 1. The first-order valence-electron chi connectivity index (χ1n) is 11.1. The Bertz CT molecular complexity index is 1010. The van der Waals surface area contributed by atoms with Gasteiger partial charge in [-0.05, 0) is 62.0 Å². The number of carbonyl (C=O) groups excluding carboxylic acids is 1. The number of fused-ring (bicyclic) bond motifs is 1. The van der Waals surface area contributed by atoms with Crippen molar-refractivity contribution in [1.29, 1.82) is 0 Å². The number of aryl methyl sites for hydroxylation is 1. The Balaban J connectivity index is 1.49. The van der Waals surface area contributed by atoms with Crippen molar-refractivity contribution in [2.24, 2.45) is 11.8 Å². The fraction of sp³-hybridized carbons (Fsp3) is 0.565. The zero-order chi connectivity index (χ0) is 20.8. The van der Waals surface area contributed by atoms with Crippen molar-refractivity contribution in [2.45, 2.75) is 57.5 Å². The number of benzene rings is 1. The molecule has 4 saturated carbocycles. The fourth-order valence-electron chi connectivity index (χ4n) is 4.51. The molecule has 7 heteroatoms. The van der Waals surface area contributed by atoms with Gasteiger partial charge in [0.2, 0.25) is 0 Å². The van der Waals surface area contributed by atoms with Crippen LogP contribution in [0.15, 0.2) is 18.3 Å². The SMILES string of the molecule is CCCS(=O)CCc1cc2c(NC3C4CC3C4)c(C(=O)NC3CC3)cnc2cc1F. The summed E-state index contributed by atoms with van der Waals surface area (Å²) in [6.07, 6.45) is 7.40. The van der Waals surface area contributed by atoms with E-state index in [1.54, 1.807) is 12.3 Å². The largest absolute Gasteiger partial charge is 0.381 e. The molecule has 2 N–H and O–H groups in total. The van der Waals surface area contributed by atoms with E-state index in [0.29, 0.717) is 52.4 Å². The van der Waals surface area contributed by atoms with Gasteiger partial charge in [-0.1, -0.05) is 6.92 Å². The highest BCUT2D eigenvalue weighted by Crippen LogP contribution is 2.55. The number of pyridine rings is 1. The number of aromatic nitrogens is 1. The maximum atomic E-state index is 14.7. The van der Waals surface area contributed by atoms with Gasteiger partial charge in [-0.25, -0.2) is 4.39 Å². The summed E-state index contributed by atoms with van der Waals surface area (Å²) in [5.74, 6) is 2.00. The molecule has 5 nitrogen and oxygen atoms in total. The molecule has 1 atom stereocenters. The molecule has 1 aromatic heterocycles. The Morgan fingerprint density at radius 1 is 1.23 bits per heavy atom. The lowest BCUT2D eigenvalue weighted by atomic mass is 9.52. The number of carbonyl (C=O) groups is 1. The predicted molar refractivity (Wildman–Crippen MR) is 118 cm³/mol. The van der Waals surface area contributed by atoms with Crippen LogP contribution in [-0.4, -0.2) is 38.7 Å². The molecule has 0 saturated heterocycles. The lowest BCUT2D eigenvalue weighted by Gasteiger charge is -2.58. The summed E-state index contributed by atoms with van der Waals surface area (Å²) in [7, 11) is -0.942. The quantitative estimate of drug-likeness (QED) is 0.636. The highest BCUT2D eigenvalue weighted by Gasteiger charge is 2.52. The maximum Gasteiger partial charge on any atom is 0.255 e. The normalized spacial score (nSPS) is 25.3. The van der Waals surface area contributed by atoms with Crippen molar-refractivity contribution >= 4 is 33.3 Å². The van der Waals surface area contributed by atoms with E-state index in [9.17, 15) is 13.4 Å². The van der Waals surface area contributed by atoms with Crippen LogP contribution >= 0.6 is 0 Å². The van der Waals surface area contributed by atoms with Crippen LogP contribution < -0.4 is 10.6 Å². The van der Waals surface area contributed by atoms with Gasteiger partial charge in [-0.3, -0.25) is 14.0 Å². The van der Waals surface area contributed by atoms with Crippen molar-refractivity contribution in [3.05, 3.63) is 35.3 Å². The number of hydrogen-bond donors (Lipinski definition) is 2. The van der Waals surface area contributed by atoms with Crippen LogP contribution in [-0.2, 0) is 17.2 Å². The Morgan fingerprint density at radius 3 is 2.63 bits per heavy atom. The smallest absolute Gasteiger partial charge is 0.255 e. The van der Waals surface area contributed by atoms with Gasteiger partial charge in [-0.15, -0.1) is 0 Å². The summed E-state index contributed by atoms with van der Waals surface area (Å²) in [6.45, 7) is 2.00. The van der Waals surface area contributed by atoms with Gasteiger partial charge in [0.1, 0.15) is 5.82 Å². The van der Waals surface area contributed by atoms with Gasteiger partial charge in [0.15, 0.2) is 0 Å². The van der Waals surface area contributed by atoms with E-state index in [1.807, 2.05) is 6.92 Å². The average molecular weight is 430 g/mol. The summed E-state index contributed by atoms with van der Waals surface area (Å²) in [5.41, 5.74) is 2.39. The molecule has 1 aromatic carbocycles. The number of nitrogens with one attached hydrogen (secondary N) is 2. The minimum absolute atomic E-state index is 0.114. The summed E-state index contributed by atoms with van der Waals surface area (Å²) >= 11 is 0. The van der Waals surface area contributed by atoms with E-state index in [-0.39, 0.29) is 17.8 Å². The molecule has 6 rings (SSSR count). The van der Waals surface area contributed by atoms with E-state index in [4.69, 9.17) is 0 Å². The van der Waals surface area contributed by atoms with Gasteiger partial charge >= 0.3 is 0 Å². The molecular formula is C23H28FN3O2S. The molecule has 4 aliphatic carbocycles. The fourth-order valence-corrected chi connectivity index (χ4v) is 5.62. The third kappa shape index (κ3) is 3.72. The van der Waals surface area contributed by atoms with Crippen LogP contribution in [0.4, 0.5) is 10.1 Å². The Kier molecular flexibility index (Phi) is 5.25. The van der Waals surface area contributed by atoms with Crippen molar-refractivity contribution in [1.82, 2.24) is 10.3 Å². The minimum Gasteiger partial charge on any atom is -0.381 e. The van der Waals surface area contributed by atoms with Crippen LogP contribution in [0.2, 0.25) is 0 Å². The molecule has 0 aliphatic heterocycles. The van der Waals surface area contributed by atoms with Crippen molar-refractivity contribution in [2.75, 3.05) is 16.8 Å². The lowest BCUT2D eigenvalue weighted by Crippen LogP contribution is -2.59. The number of hydrogen-bond acceptors (Lipinski definition) is 4. The summed E-state index contributed by atoms with van der Waals surface area (Å²) in [6, 6.07) is 3.91. The van der Waals surface area contributed by atoms with E-state index in [2.05, 4.69) is 15.6 Å². The molecule has 160 valence electrons. The zero-order valence-electron chi connectivity index (χ0n) is 17.2. The molecule has 2 bridgehead atoms. The van der Waals surface area contributed by atoms with Crippen LogP contribution in [0.3, 0.4) is 0 Å². The minimum atomic E-state index is -0.942. The van der Waals surface area contributed by atoms with Crippen LogP contribution in [0.1, 0.15) is 54.9 Å². The molecule has 1 unspecified atom stereocenters. The maximum absolute atomic E-state index is 14.7. The van der Waals surface area contributed by atoms with E-state index in [0.717, 1.165) is 30.3 Å². The van der Waals surface area contributed by atoms with Gasteiger partial charge in [0, 0.05) is 52.0 Å². The first kappa shape index (κ1) is 19.9. The number of halogens is 1. The predicted octanol–water partition coefficient (Wildman–Crippen LogP) is 3.79. The van der Waals surface area contributed by atoms with E-state index < -0.39 is 10.8 Å². The topological polar surface area (TPSA) is 71.1 Å². The number of amides is 1. The summed E-state index contributed by atoms with van der Waals surface area (Å²) < 4.78 is 26.8. The van der Waals surface area contributed by atoms with Crippen molar-refractivity contribution in [3.8, 4) is 0 Å². The van der Waals surface area contributed by atoms with Crippen molar-refractivity contribution < 1.29 is 13.4 Å². The first-order chi connectivity index (χ1) is 14.5. The Hall–Kier alpha value is -2.02. The van der Waals surface area contributed by atoms with Crippen molar-refractivity contribution in [3.63, 3.8) is 0 Å². The van der Waals surface area contributed by atoms with Crippen LogP contribution in [0.5, 0.6) is 0 Å². The number of rotatable bonds is 9. The molecular weight excluding hydrogens is 401 g/mol. The zero-order valence-corrected chi connectivity index (χ0v) is 18.1. The second kappa shape index (κ2) is 7.91. The average Bonchev–Trinajstić information content (AvgIpc) is 3.46. The summed E-state index contributed by atoms with van der Waals surface area (Å²) in [4.78, 5) is 17.3. The van der Waals surface area contributed by atoms with Gasteiger partial charge in [0.05, 0.1) is 16.8 Å². The number of nitrogens with zero attached hydrogens (tertiary/aromatic N) is 1. The highest BCUT2D eigenvalue weighted by atomic mass is 32.2. The molecule has 0 radical (unpaired) electrons. The molecule has 30 heavy (non-hydrogen) atoms.